The zero-order valence-corrected chi connectivity index (χ0v) is 8.03. The summed E-state index contributed by atoms with van der Waals surface area (Å²) in [6.07, 6.45) is 7.62. The van der Waals surface area contributed by atoms with Crippen LogP contribution in [0.3, 0.4) is 0 Å². The highest BCUT2D eigenvalue weighted by atomic mass is 14.7. The third-order valence-electron chi connectivity index (χ3n) is 2.51. The normalized spacial score (nSPS) is 14.1. The van der Waals surface area contributed by atoms with Gasteiger partial charge in [-0.1, -0.05) is 12.1 Å². The first kappa shape index (κ1) is 8.96. The van der Waals surface area contributed by atoms with Crippen LogP contribution in [0.4, 0.5) is 0 Å². The largest absolute Gasteiger partial charge is 0.261 e. The Labute approximate surface area is 83.9 Å². The number of hydrogen-bond donors (Lipinski definition) is 0. The van der Waals surface area contributed by atoms with Gasteiger partial charge >= 0.3 is 0 Å². The molecule has 0 aliphatic heterocycles. The van der Waals surface area contributed by atoms with Gasteiger partial charge in [0, 0.05) is 18.3 Å². The molecular weight excluding hydrogens is 172 g/mol. The number of allylic oxidation sites excluding steroid dienone is 2. The van der Waals surface area contributed by atoms with Gasteiger partial charge in [0.25, 0.3) is 0 Å². The molecule has 1 aromatic rings. The Hall–Kier alpha value is -1.62. The summed E-state index contributed by atoms with van der Waals surface area (Å²) in [6.45, 7) is 0. The zero-order valence-electron chi connectivity index (χ0n) is 8.03. The topological polar surface area (TPSA) is 36.7 Å². The molecule has 1 heterocycles. The second kappa shape index (κ2) is 4.06. The van der Waals surface area contributed by atoms with Gasteiger partial charge in [0.15, 0.2) is 0 Å². The van der Waals surface area contributed by atoms with E-state index in [1.54, 1.807) is 0 Å². The van der Waals surface area contributed by atoms with Crippen molar-refractivity contribution in [3.05, 3.63) is 35.7 Å². The van der Waals surface area contributed by atoms with E-state index in [0.29, 0.717) is 6.42 Å². The van der Waals surface area contributed by atoms with Gasteiger partial charge in [-0.15, -0.1) is 0 Å². The van der Waals surface area contributed by atoms with Gasteiger partial charge in [0.05, 0.1) is 6.07 Å². The molecule has 2 rings (SSSR count). The third-order valence-corrected chi connectivity index (χ3v) is 2.51. The predicted octanol–water partition coefficient (Wildman–Crippen LogP) is 2.71. The Morgan fingerprint density at radius 3 is 3.29 bits per heavy atom. The van der Waals surface area contributed by atoms with Gasteiger partial charge in [-0.05, 0) is 36.5 Å². The fraction of sp³-hybridized carbons (Fsp3) is 0.333. The molecule has 0 spiro atoms. The van der Waals surface area contributed by atoms with Crippen molar-refractivity contribution in [1.29, 1.82) is 5.26 Å². The molecular formula is C12H12N2. The Morgan fingerprint density at radius 2 is 2.43 bits per heavy atom. The summed E-state index contributed by atoms with van der Waals surface area (Å²) in [6, 6.07) is 6.25. The second-order valence-electron chi connectivity index (χ2n) is 3.42. The van der Waals surface area contributed by atoms with Crippen LogP contribution in [0.25, 0.3) is 5.57 Å². The summed E-state index contributed by atoms with van der Waals surface area (Å²) in [4.78, 5) is 4.35. The minimum atomic E-state index is 0.597. The molecule has 1 aromatic heterocycles. The molecule has 0 unspecified atom stereocenters. The average molecular weight is 184 g/mol. The number of pyridine rings is 1. The van der Waals surface area contributed by atoms with Gasteiger partial charge in [-0.3, -0.25) is 4.98 Å². The van der Waals surface area contributed by atoms with E-state index < -0.39 is 0 Å². The Balaban J connectivity index is 2.27. The predicted molar refractivity (Wildman–Crippen MR) is 55.4 cm³/mol. The molecule has 0 amide bonds. The summed E-state index contributed by atoms with van der Waals surface area (Å²) < 4.78 is 0. The van der Waals surface area contributed by atoms with Crippen LogP contribution >= 0.6 is 0 Å². The molecule has 0 saturated heterocycles. The maximum atomic E-state index is 8.55. The van der Waals surface area contributed by atoms with Gasteiger partial charge in [-0.2, -0.15) is 5.26 Å². The lowest BCUT2D eigenvalue weighted by atomic mass is 9.92. The smallest absolute Gasteiger partial charge is 0.0625 e. The number of rotatable bonds is 2. The van der Waals surface area contributed by atoms with Crippen molar-refractivity contribution in [2.75, 3.05) is 0 Å². The van der Waals surface area contributed by atoms with Crippen molar-refractivity contribution in [2.45, 2.75) is 25.7 Å². The Bertz CT molecular complexity index is 399. The SMILES string of the molecule is N#CCCC1=CCCc2ncccc21. The van der Waals surface area contributed by atoms with Crippen LogP contribution in [0.5, 0.6) is 0 Å². The van der Waals surface area contributed by atoms with E-state index in [-0.39, 0.29) is 0 Å². The van der Waals surface area contributed by atoms with Crippen LogP contribution < -0.4 is 0 Å². The van der Waals surface area contributed by atoms with E-state index >= 15 is 0 Å². The van der Waals surface area contributed by atoms with Crippen molar-refractivity contribution < 1.29 is 0 Å². The fourth-order valence-corrected chi connectivity index (χ4v) is 1.85. The lowest BCUT2D eigenvalue weighted by molar-refractivity contribution is 0.902. The first-order chi connectivity index (χ1) is 6.92. The maximum absolute atomic E-state index is 8.55. The standard InChI is InChI=1S/C12H12N2/c13-8-2-5-10-4-1-7-12-11(10)6-3-9-14-12/h3-4,6,9H,1-2,5,7H2. The lowest BCUT2D eigenvalue weighted by Crippen LogP contribution is -2.01. The molecule has 2 nitrogen and oxygen atoms in total. The Kier molecular flexibility index (Phi) is 2.60. The summed E-state index contributed by atoms with van der Waals surface area (Å²) in [5.41, 5.74) is 3.72. The van der Waals surface area contributed by atoms with Crippen molar-refractivity contribution in [3.63, 3.8) is 0 Å². The zero-order chi connectivity index (χ0) is 9.80. The molecule has 1 aliphatic carbocycles. The monoisotopic (exact) mass is 184 g/mol. The highest BCUT2D eigenvalue weighted by Crippen LogP contribution is 2.27. The van der Waals surface area contributed by atoms with Crippen LogP contribution in [0, 0.1) is 11.3 Å². The number of nitrogens with zero attached hydrogens (tertiary/aromatic N) is 2. The van der Waals surface area contributed by atoms with Crippen molar-refractivity contribution in [2.24, 2.45) is 0 Å². The van der Waals surface area contributed by atoms with Gasteiger partial charge in [-0.25, -0.2) is 0 Å². The molecule has 1 aliphatic rings. The van der Waals surface area contributed by atoms with Gasteiger partial charge in [0.2, 0.25) is 0 Å². The molecule has 0 radical (unpaired) electrons. The van der Waals surface area contributed by atoms with E-state index in [4.69, 9.17) is 5.26 Å². The third kappa shape index (κ3) is 1.67. The summed E-state index contributed by atoms with van der Waals surface area (Å²) >= 11 is 0. The number of aryl methyl sites for hydroxylation is 1. The van der Waals surface area contributed by atoms with E-state index in [1.807, 2.05) is 12.3 Å². The number of aromatic nitrogens is 1. The highest BCUT2D eigenvalue weighted by molar-refractivity contribution is 5.68. The molecule has 0 N–H and O–H groups in total. The summed E-state index contributed by atoms with van der Waals surface area (Å²) in [5.74, 6) is 0. The van der Waals surface area contributed by atoms with Gasteiger partial charge < -0.3 is 0 Å². The molecule has 14 heavy (non-hydrogen) atoms. The van der Waals surface area contributed by atoms with Crippen LogP contribution in [0.1, 0.15) is 30.5 Å². The van der Waals surface area contributed by atoms with Crippen molar-refractivity contribution >= 4 is 5.57 Å². The van der Waals surface area contributed by atoms with Crippen molar-refractivity contribution in [3.8, 4) is 6.07 Å². The van der Waals surface area contributed by atoms with E-state index in [1.165, 1.54) is 16.8 Å². The molecule has 70 valence electrons. The molecule has 0 fully saturated rings. The number of fused-ring (bicyclic) bond motifs is 1. The second-order valence-corrected chi connectivity index (χ2v) is 3.42. The molecule has 2 heteroatoms. The van der Waals surface area contributed by atoms with Crippen LogP contribution in [0.15, 0.2) is 24.4 Å². The quantitative estimate of drug-likeness (QED) is 0.708. The van der Waals surface area contributed by atoms with E-state index in [9.17, 15) is 0 Å². The number of nitriles is 1. The first-order valence-corrected chi connectivity index (χ1v) is 4.92. The molecule has 0 atom stereocenters. The lowest BCUT2D eigenvalue weighted by Gasteiger charge is -2.15. The minimum absolute atomic E-state index is 0.597. The minimum Gasteiger partial charge on any atom is -0.261 e. The molecule has 0 aromatic carbocycles. The van der Waals surface area contributed by atoms with Crippen molar-refractivity contribution in [1.82, 2.24) is 4.98 Å². The first-order valence-electron chi connectivity index (χ1n) is 4.92. The summed E-state index contributed by atoms with van der Waals surface area (Å²) in [7, 11) is 0. The van der Waals surface area contributed by atoms with Crippen LogP contribution in [0.2, 0.25) is 0 Å². The van der Waals surface area contributed by atoms with Crippen LogP contribution in [-0.2, 0) is 6.42 Å². The average Bonchev–Trinajstić information content (AvgIpc) is 2.26. The molecule has 0 bridgehead atoms. The number of hydrogen-bond acceptors (Lipinski definition) is 2. The van der Waals surface area contributed by atoms with Crippen LogP contribution in [-0.4, -0.2) is 4.98 Å². The molecule has 0 saturated carbocycles. The van der Waals surface area contributed by atoms with E-state index in [2.05, 4.69) is 23.2 Å². The Morgan fingerprint density at radius 1 is 1.50 bits per heavy atom. The fourth-order valence-electron chi connectivity index (χ4n) is 1.85. The highest BCUT2D eigenvalue weighted by Gasteiger charge is 2.11. The maximum Gasteiger partial charge on any atom is 0.0625 e. The summed E-state index contributed by atoms with van der Waals surface area (Å²) in [5, 5.41) is 8.55. The van der Waals surface area contributed by atoms with Gasteiger partial charge in [0.1, 0.15) is 0 Å². The van der Waals surface area contributed by atoms with E-state index in [0.717, 1.165) is 19.3 Å².